The predicted molar refractivity (Wildman–Crippen MR) is 196 cm³/mol. The number of hydrogen-bond donors (Lipinski definition) is 0. The van der Waals surface area contributed by atoms with E-state index in [0.29, 0.717) is 8.45 Å². The van der Waals surface area contributed by atoms with Crippen molar-refractivity contribution in [1.29, 1.82) is 0 Å². The van der Waals surface area contributed by atoms with Gasteiger partial charge in [0.2, 0.25) is 0 Å². The maximum absolute atomic E-state index is 4.30. The van der Waals surface area contributed by atoms with Crippen molar-refractivity contribution in [2.45, 2.75) is 17.9 Å². The summed E-state index contributed by atoms with van der Waals surface area (Å²) in [4.78, 5) is 0. The first kappa shape index (κ1) is 29.2. The molecule has 46 heavy (non-hydrogen) atoms. The Kier molecular flexibility index (Phi) is 7.70. The summed E-state index contributed by atoms with van der Waals surface area (Å²) in [6.45, 7) is -2.01. The minimum absolute atomic E-state index is 0.367. The van der Waals surface area contributed by atoms with Crippen LogP contribution in [-0.2, 0) is 24.0 Å². The molecule has 6 aromatic carbocycles. The van der Waals surface area contributed by atoms with E-state index >= 15 is 0 Å². The molecule has 2 aliphatic rings. The molecular weight excluding hydrogens is 604 g/mol. The monoisotopic (exact) mass is 643 g/mol. The van der Waals surface area contributed by atoms with E-state index in [0.717, 1.165) is 9.45 Å². The number of allylic oxidation sites excluding steroid dienone is 2. The minimum atomic E-state index is -4.30. The van der Waals surface area contributed by atoms with Gasteiger partial charge in [0, 0.05) is 0 Å². The van der Waals surface area contributed by atoms with Crippen LogP contribution in [0.5, 0.6) is 0 Å². The number of benzene rings is 6. The van der Waals surface area contributed by atoms with Gasteiger partial charge in [-0.2, -0.15) is 0 Å². The fourth-order valence-electron chi connectivity index (χ4n) is 9.58. The molecule has 0 saturated heterocycles. The Labute approximate surface area is 275 Å². The molecule has 6 aromatic rings. The van der Waals surface area contributed by atoms with E-state index < -0.39 is 21.2 Å². The summed E-state index contributed by atoms with van der Waals surface area (Å²) in [7, 11) is 0. The topological polar surface area (TPSA) is 0 Å². The van der Waals surface area contributed by atoms with E-state index in [1.807, 2.05) is 0 Å². The van der Waals surface area contributed by atoms with E-state index in [9.17, 15) is 0 Å². The van der Waals surface area contributed by atoms with Crippen LogP contribution in [0.4, 0.5) is 0 Å². The van der Waals surface area contributed by atoms with Crippen LogP contribution in [0.3, 0.4) is 0 Å². The van der Waals surface area contributed by atoms with Crippen molar-refractivity contribution in [3.8, 4) is 0 Å². The van der Waals surface area contributed by atoms with Crippen LogP contribution in [0.1, 0.15) is 41.8 Å². The average molecular weight is 644 g/mol. The van der Waals surface area contributed by atoms with Gasteiger partial charge in [0.15, 0.2) is 0 Å². The molecule has 8 rings (SSSR count). The molecule has 0 bridgehead atoms. The van der Waals surface area contributed by atoms with Crippen molar-refractivity contribution in [2.24, 2.45) is 0 Å². The average Bonchev–Trinajstić information content (AvgIpc) is 3.77. The van der Waals surface area contributed by atoms with Crippen molar-refractivity contribution in [3.63, 3.8) is 0 Å². The van der Waals surface area contributed by atoms with E-state index in [1.165, 1.54) is 33.4 Å². The zero-order valence-electron chi connectivity index (χ0n) is 26.1. The number of fused-ring (bicyclic) bond motifs is 2. The fourth-order valence-corrected chi connectivity index (χ4v) is 44.6. The number of rotatable bonds is 9. The summed E-state index contributed by atoms with van der Waals surface area (Å²) >= 11 is -4.30. The first-order valence-electron chi connectivity index (χ1n) is 16.6. The quantitative estimate of drug-likeness (QED) is 0.138. The van der Waals surface area contributed by atoms with Gasteiger partial charge in [0.25, 0.3) is 0 Å². The molecule has 2 atom stereocenters. The predicted octanol–water partition coefficient (Wildman–Crippen LogP) is 9.15. The van der Waals surface area contributed by atoms with Crippen LogP contribution >= 0.6 is 0 Å². The standard InChI is InChI=1S/C12H11Si.2C9H7.2C7H7.Ti/c1-3-7-11(8-4-1)13-12-9-5-2-6-10-12;2*1-2-5-9-7-3-6-8(9)4-1;2*1-7-5-3-2-4-6-7;/h1-10,13H;2*1-7H;2*2-6H,1H2;. The van der Waals surface area contributed by atoms with Crippen molar-refractivity contribution in [1.82, 2.24) is 0 Å². The van der Waals surface area contributed by atoms with E-state index in [2.05, 4.69) is 194 Å². The maximum atomic E-state index is 2.68. The molecule has 0 radical (unpaired) electrons. The van der Waals surface area contributed by atoms with Gasteiger partial charge in [0.05, 0.1) is 0 Å². The summed E-state index contributed by atoms with van der Waals surface area (Å²) in [5, 5.41) is 3.15. The van der Waals surface area contributed by atoms with Crippen molar-refractivity contribution in [2.75, 3.05) is 0 Å². The zero-order valence-corrected chi connectivity index (χ0v) is 28.8. The second-order valence-corrected chi connectivity index (χ2v) is 33.7. The van der Waals surface area contributed by atoms with Gasteiger partial charge in [-0.25, -0.2) is 0 Å². The summed E-state index contributed by atoms with van der Waals surface area (Å²) in [5.41, 5.74) is 8.83. The van der Waals surface area contributed by atoms with Gasteiger partial charge >= 0.3 is 277 Å². The van der Waals surface area contributed by atoms with Crippen molar-refractivity contribution < 1.29 is 14.6 Å². The van der Waals surface area contributed by atoms with Gasteiger partial charge < -0.3 is 0 Å². The van der Waals surface area contributed by atoms with Gasteiger partial charge in [-0.15, -0.1) is 0 Å². The van der Waals surface area contributed by atoms with Crippen LogP contribution in [0.15, 0.2) is 182 Å². The molecule has 2 unspecified atom stereocenters. The molecule has 0 aliphatic heterocycles. The summed E-state index contributed by atoms with van der Waals surface area (Å²) in [6, 6.07) is 65.2. The molecular formula is C44H39SiTi. The molecule has 2 heteroatoms. The third-order valence-electron chi connectivity index (χ3n) is 11.2. The SMILES string of the molecule is C1=C[CH]([Ti]([CH2]c2ccccc2)([CH2]c2ccccc2)([CH]2C=Cc3ccccc32)[SiH](c2ccccc2)c2ccccc2)c2ccccc21. The third-order valence-corrected chi connectivity index (χ3v) is 40.0. The van der Waals surface area contributed by atoms with Gasteiger partial charge in [-0.05, 0) is 0 Å². The fraction of sp³-hybridized carbons (Fsp3) is 0.0909. The Morgan fingerprint density at radius 3 is 1.15 bits per heavy atom. The Morgan fingerprint density at radius 1 is 0.391 bits per heavy atom. The van der Waals surface area contributed by atoms with Crippen LogP contribution in [0, 0.1) is 0 Å². The van der Waals surface area contributed by atoms with Crippen molar-refractivity contribution in [3.05, 3.63) is 215 Å². The molecule has 0 spiro atoms. The van der Waals surface area contributed by atoms with E-state index in [1.54, 1.807) is 10.4 Å². The molecule has 223 valence electrons. The Morgan fingerprint density at radius 2 is 0.739 bits per heavy atom. The third kappa shape index (κ3) is 4.77. The molecule has 0 fully saturated rings. The summed E-state index contributed by atoms with van der Waals surface area (Å²) in [5.74, 6) is 0. The van der Waals surface area contributed by atoms with Crippen LogP contribution in [-0.4, -0.2) is 6.66 Å². The molecule has 0 nitrogen and oxygen atoms in total. The molecule has 0 N–H and O–H groups in total. The Bertz CT molecular complexity index is 1870. The van der Waals surface area contributed by atoms with Gasteiger partial charge in [0.1, 0.15) is 0 Å². The second-order valence-electron chi connectivity index (χ2n) is 13.5. The Hall–Kier alpha value is -4.27. The van der Waals surface area contributed by atoms with Gasteiger partial charge in [-0.3, -0.25) is 0 Å². The zero-order chi connectivity index (χ0) is 30.8. The molecule has 0 amide bonds. The van der Waals surface area contributed by atoms with Crippen LogP contribution in [0.25, 0.3) is 12.2 Å². The summed E-state index contributed by atoms with van der Waals surface area (Å²) in [6.07, 6.45) is 10.3. The van der Waals surface area contributed by atoms with Crippen molar-refractivity contribution >= 4 is 29.2 Å². The van der Waals surface area contributed by atoms with Crippen LogP contribution < -0.4 is 10.4 Å². The molecule has 2 aliphatic carbocycles. The Balaban J connectivity index is 1.59. The molecule has 0 heterocycles. The summed E-state index contributed by atoms with van der Waals surface area (Å²) < 4.78 is 3.01. The van der Waals surface area contributed by atoms with Crippen LogP contribution in [0.2, 0.25) is 0 Å². The first-order valence-corrected chi connectivity index (χ1v) is 25.1. The first-order chi connectivity index (χ1) is 22.8. The molecule has 0 saturated carbocycles. The second kappa shape index (κ2) is 12.2. The van der Waals surface area contributed by atoms with E-state index in [-0.39, 0.29) is 0 Å². The number of hydrogen-bond acceptors (Lipinski definition) is 0. The molecule has 0 aromatic heterocycles. The van der Waals surface area contributed by atoms with Gasteiger partial charge in [-0.1, -0.05) is 0 Å². The van der Waals surface area contributed by atoms with E-state index in [4.69, 9.17) is 0 Å². The normalized spacial score (nSPS) is 17.4.